The molecular weight excluding hydrogens is 414 g/mol. The molecule has 0 aliphatic carbocycles. The molecule has 170 valence electrons. The van der Waals surface area contributed by atoms with Crippen LogP contribution < -0.4 is 10.1 Å². The van der Waals surface area contributed by atoms with Crippen molar-refractivity contribution in [3.63, 3.8) is 0 Å². The minimum absolute atomic E-state index is 0.236. The highest BCUT2D eigenvalue weighted by molar-refractivity contribution is 6.02. The van der Waals surface area contributed by atoms with Crippen molar-refractivity contribution in [2.24, 2.45) is 0 Å². The van der Waals surface area contributed by atoms with E-state index in [9.17, 15) is 4.79 Å². The molecule has 0 aliphatic heterocycles. The summed E-state index contributed by atoms with van der Waals surface area (Å²) < 4.78 is 13.4. The maximum Gasteiger partial charge on any atom is 0.291 e. The van der Waals surface area contributed by atoms with Gasteiger partial charge in [-0.3, -0.25) is 9.48 Å². The molecule has 0 saturated heterocycles. The van der Waals surface area contributed by atoms with Gasteiger partial charge in [-0.25, -0.2) is 0 Å². The molecule has 6 nitrogen and oxygen atoms in total. The second-order valence-electron chi connectivity index (χ2n) is 8.20. The molecular formula is C27H29N3O3. The maximum absolute atomic E-state index is 12.8. The predicted octanol–water partition coefficient (Wildman–Crippen LogP) is 5.84. The molecule has 6 heteroatoms. The lowest BCUT2D eigenvalue weighted by Crippen LogP contribution is -2.12. The van der Waals surface area contributed by atoms with Crippen LogP contribution in [0.15, 0.2) is 65.1 Å². The van der Waals surface area contributed by atoms with E-state index >= 15 is 0 Å². The fourth-order valence-corrected chi connectivity index (χ4v) is 3.74. The molecule has 2 aromatic heterocycles. The van der Waals surface area contributed by atoms with E-state index in [2.05, 4.69) is 42.5 Å². The van der Waals surface area contributed by atoms with Crippen LogP contribution in [0, 0.1) is 20.8 Å². The number of nitrogens with one attached hydrogen (secondary N) is 1. The summed E-state index contributed by atoms with van der Waals surface area (Å²) in [6.07, 6.45) is 0.987. The van der Waals surface area contributed by atoms with Gasteiger partial charge in [0.25, 0.3) is 5.91 Å². The molecule has 33 heavy (non-hydrogen) atoms. The lowest BCUT2D eigenvalue weighted by atomic mass is 10.1. The monoisotopic (exact) mass is 443 g/mol. The van der Waals surface area contributed by atoms with Crippen LogP contribution in [0.25, 0.3) is 0 Å². The Balaban J connectivity index is 1.40. The molecule has 0 bridgehead atoms. The van der Waals surface area contributed by atoms with Crippen LogP contribution in [0.2, 0.25) is 0 Å². The summed E-state index contributed by atoms with van der Waals surface area (Å²) in [6, 6.07) is 19.7. The van der Waals surface area contributed by atoms with Gasteiger partial charge in [0.2, 0.25) is 0 Å². The summed E-state index contributed by atoms with van der Waals surface area (Å²) in [4.78, 5) is 12.8. The summed E-state index contributed by atoms with van der Waals surface area (Å²) in [6.45, 7) is 8.93. The number of nitrogens with zero attached hydrogens (tertiary/aromatic N) is 2. The van der Waals surface area contributed by atoms with E-state index in [1.807, 2.05) is 48.9 Å². The van der Waals surface area contributed by atoms with E-state index in [1.54, 1.807) is 12.1 Å². The molecule has 4 rings (SSSR count). The average molecular weight is 444 g/mol. The number of hydrogen-bond acceptors (Lipinski definition) is 4. The van der Waals surface area contributed by atoms with Gasteiger partial charge in [-0.1, -0.05) is 48.9 Å². The first-order chi connectivity index (χ1) is 15.9. The van der Waals surface area contributed by atoms with Gasteiger partial charge in [-0.05, 0) is 62.6 Å². The Bertz CT molecular complexity index is 1250. The Kier molecular flexibility index (Phi) is 6.63. The topological polar surface area (TPSA) is 69.3 Å². The van der Waals surface area contributed by atoms with Crippen LogP contribution in [-0.2, 0) is 19.6 Å². The molecule has 0 spiro atoms. The number of aryl methyl sites for hydroxylation is 3. The summed E-state index contributed by atoms with van der Waals surface area (Å²) in [5.74, 6) is 1.28. The summed E-state index contributed by atoms with van der Waals surface area (Å²) in [5, 5.41) is 7.57. The normalized spacial score (nSPS) is 10.9. The predicted molar refractivity (Wildman–Crippen MR) is 129 cm³/mol. The van der Waals surface area contributed by atoms with Crippen molar-refractivity contribution in [1.82, 2.24) is 9.78 Å². The zero-order valence-electron chi connectivity index (χ0n) is 19.5. The molecule has 0 saturated carbocycles. The van der Waals surface area contributed by atoms with Gasteiger partial charge in [-0.15, -0.1) is 0 Å². The number of carbonyl (C=O) groups is 1. The van der Waals surface area contributed by atoms with Crippen LogP contribution in [0.4, 0.5) is 5.69 Å². The van der Waals surface area contributed by atoms with Crippen molar-refractivity contribution in [3.05, 3.63) is 100 Å². The fraction of sp³-hybridized carbons (Fsp3) is 0.259. The SMILES string of the molecule is CCc1ccc(OCc2ccc(C(=O)Nc3c(C)nn(Cc4cccc(C)c4)c3C)o2)cc1. The second kappa shape index (κ2) is 9.77. The number of carbonyl (C=O) groups excluding carboxylic acids is 1. The third-order valence-corrected chi connectivity index (χ3v) is 5.63. The summed E-state index contributed by atoms with van der Waals surface area (Å²) in [7, 11) is 0. The highest BCUT2D eigenvalue weighted by Gasteiger charge is 2.18. The third-order valence-electron chi connectivity index (χ3n) is 5.63. The van der Waals surface area contributed by atoms with Crippen molar-refractivity contribution in [2.75, 3.05) is 5.32 Å². The van der Waals surface area contributed by atoms with E-state index in [0.717, 1.165) is 23.6 Å². The summed E-state index contributed by atoms with van der Waals surface area (Å²) >= 11 is 0. The van der Waals surface area contributed by atoms with Gasteiger partial charge in [-0.2, -0.15) is 5.10 Å². The molecule has 2 heterocycles. The van der Waals surface area contributed by atoms with Crippen molar-refractivity contribution in [2.45, 2.75) is 47.3 Å². The van der Waals surface area contributed by atoms with Crippen molar-refractivity contribution in [3.8, 4) is 5.75 Å². The largest absolute Gasteiger partial charge is 0.486 e. The van der Waals surface area contributed by atoms with Gasteiger partial charge >= 0.3 is 0 Å². The minimum Gasteiger partial charge on any atom is -0.486 e. The van der Waals surface area contributed by atoms with Crippen LogP contribution in [0.3, 0.4) is 0 Å². The number of hydrogen-bond donors (Lipinski definition) is 1. The standard InChI is InChI=1S/C27H29N3O3/c1-5-21-9-11-23(12-10-21)32-17-24-13-14-25(33-24)27(31)28-26-19(3)29-30(20(26)4)16-22-8-6-7-18(2)15-22/h6-15H,5,16-17H2,1-4H3,(H,28,31). The lowest BCUT2D eigenvalue weighted by molar-refractivity contribution is 0.0992. The number of anilines is 1. The number of furan rings is 1. The number of ether oxygens (including phenoxy) is 1. The molecule has 1 N–H and O–H groups in total. The van der Waals surface area contributed by atoms with Gasteiger partial charge in [0.05, 0.1) is 23.6 Å². The summed E-state index contributed by atoms with van der Waals surface area (Å²) in [5.41, 5.74) is 5.99. The molecule has 0 atom stereocenters. The van der Waals surface area contributed by atoms with Gasteiger partial charge in [0, 0.05) is 0 Å². The van der Waals surface area contributed by atoms with E-state index in [0.29, 0.717) is 18.0 Å². The van der Waals surface area contributed by atoms with Crippen molar-refractivity contribution in [1.29, 1.82) is 0 Å². The average Bonchev–Trinajstić information content (AvgIpc) is 3.39. The molecule has 2 aromatic carbocycles. The fourth-order valence-electron chi connectivity index (χ4n) is 3.74. The van der Waals surface area contributed by atoms with Crippen molar-refractivity contribution < 1.29 is 13.9 Å². The molecule has 0 fully saturated rings. The smallest absolute Gasteiger partial charge is 0.291 e. The van der Waals surface area contributed by atoms with E-state index in [4.69, 9.17) is 9.15 Å². The second-order valence-corrected chi connectivity index (χ2v) is 8.20. The minimum atomic E-state index is -0.310. The van der Waals surface area contributed by atoms with Gasteiger partial charge < -0.3 is 14.5 Å². The van der Waals surface area contributed by atoms with E-state index in [-0.39, 0.29) is 18.3 Å². The molecule has 4 aromatic rings. The third kappa shape index (κ3) is 5.34. The van der Waals surface area contributed by atoms with Crippen molar-refractivity contribution >= 4 is 11.6 Å². The Hall–Kier alpha value is -3.80. The Morgan fingerprint density at radius 3 is 2.55 bits per heavy atom. The molecule has 0 aliphatic rings. The van der Waals surface area contributed by atoms with Crippen LogP contribution >= 0.6 is 0 Å². The first-order valence-electron chi connectivity index (χ1n) is 11.1. The highest BCUT2D eigenvalue weighted by atomic mass is 16.5. The first-order valence-corrected chi connectivity index (χ1v) is 11.1. The Labute approximate surface area is 194 Å². The number of amides is 1. The van der Waals surface area contributed by atoms with E-state index < -0.39 is 0 Å². The number of aromatic nitrogens is 2. The quantitative estimate of drug-likeness (QED) is 0.371. The van der Waals surface area contributed by atoms with Crippen LogP contribution in [-0.4, -0.2) is 15.7 Å². The van der Waals surface area contributed by atoms with Gasteiger partial charge in [0.15, 0.2) is 5.76 Å². The molecule has 0 radical (unpaired) electrons. The van der Waals surface area contributed by atoms with E-state index in [1.165, 1.54) is 16.7 Å². The molecule has 1 amide bonds. The zero-order chi connectivity index (χ0) is 23.4. The first kappa shape index (κ1) is 22.4. The number of benzene rings is 2. The molecule has 0 unspecified atom stereocenters. The Morgan fingerprint density at radius 2 is 1.82 bits per heavy atom. The lowest BCUT2D eigenvalue weighted by Gasteiger charge is -2.07. The maximum atomic E-state index is 12.8. The van der Waals surface area contributed by atoms with Crippen LogP contribution in [0.1, 0.15) is 51.3 Å². The van der Waals surface area contributed by atoms with Gasteiger partial charge in [0.1, 0.15) is 18.1 Å². The zero-order valence-corrected chi connectivity index (χ0v) is 19.5. The van der Waals surface area contributed by atoms with Crippen LogP contribution in [0.5, 0.6) is 5.75 Å². The highest BCUT2D eigenvalue weighted by Crippen LogP contribution is 2.22. The Morgan fingerprint density at radius 1 is 1.03 bits per heavy atom. The number of rotatable bonds is 8.